The first-order valence-corrected chi connectivity index (χ1v) is 6.69. The van der Waals surface area contributed by atoms with Crippen LogP contribution in [0.4, 0.5) is 0 Å². The van der Waals surface area contributed by atoms with Gasteiger partial charge in [0.1, 0.15) is 0 Å². The predicted octanol–water partition coefficient (Wildman–Crippen LogP) is 2.85. The molecule has 0 N–H and O–H groups in total. The molecule has 0 nitrogen and oxygen atoms in total. The van der Waals surface area contributed by atoms with Crippen molar-refractivity contribution in [3.05, 3.63) is 18.2 Å². The van der Waals surface area contributed by atoms with Crippen molar-refractivity contribution in [3.8, 4) is 0 Å². The van der Waals surface area contributed by atoms with Crippen molar-refractivity contribution >= 4 is 36.4 Å². The number of aryl methyl sites for hydroxylation is 1. The van der Waals surface area contributed by atoms with Gasteiger partial charge in [-0.2, -0.15) is 0 Å². The molecule has 0 atom stereocenters. The van der Waals surface area contributed by atoms with Gasteiger partial charge in [0.15, 0.2) is 0 Å². The van der Waals surface area contributed by atoms with E-state index in [4.69, 9.17) is 0 Å². The first kappa shape index (κ1) is 8.84. The molecule has 0 aliphatic carbocycles. The van der Waals surface area contributed by atoms with Gasteiger partial charge >= 0.3 is 80.7 Å². The maximum absolute atomic E-state index is 3.54. The van der Waals surface area contributed by atoms with Crippen LogP contribution in [-0.2, 0) is 6.42 Å². The number of hydrogen-bond acceptors (Lipinski definition) is 0. The van der Waals surface area contributed by atoms with Crippen LogP contribution in [0.5, 0.6) is 0 Å². The molecular formula is C8H11BrTe. The minimum atomic E-state index is 0.0739. The van der Waals surface area contributed by atoms with Gasteiger partial charge in [-0.25, -0.2) is 0 Å². The number of rotatable bonds is 3. The summed E-state index contributed by atoms with van der Waals surface area (Å²) in [7, 11) is 0. The Morgan fingerprint density at radius 1 is 1.50 bits per heavy atom. The summed E-state index contributed by atoms with van der Waals surface area (Å²) in [4.78, 5) is 0. The van der Waals surface area contributed by atoms with Gasteiger partial charge in [-0.3, -0.25) is 0 Å². The summed E-state index contributed by atoms with van der Waals surface area (Å²) in [6, 6.07) is 4.51. The molecule has 0 fully saturated rings. The van der Waals surface area contributed by atoms with E-state index in [9.17, 15) is 0 Å². The van der Waals surface area contributed by atoms with Crippen LogP contribution in [0.2, 0.25) is 0 Å². The van der Waals surface area contributed by atoms with Gasteiger partial charge in [0, 0.05) is 0 Å². The van der Waals surface area contributed by atoms with Crippen molar-refractivity contribution in [2.75, 3.05) is 0 Å². The third-order valence-corrected chi connectivity index (χ3v) is 5.42. The Kier molecular flexibility index (Phi) is 4.06. The zero-order valence-corrected chi connectivity index (χ0v) is 9.98. The maximum atomic E-state index is 3.54. The normalized spacial score (nSPS) is 10.2. The Bertz CT molecular complexity index is 193. The molecule has 10 heavy (non-hydrogen) atoms. The Morgan fingerprint density at radius 2 is 2.30 bits per heavy atom. The van der Waals surface area contributed by atoms with Crippen LogP contribution in [0, 0.1) is 0 Å². The van der Waals surface area contributed by atoms with Crippen LogP contribution < -0.4 is 0 Å². The van der Waals surface area contributed by atoms with Gasteiger partial charge in [-0.1, -0.05) is 0 Å². The first-order valence-electron chi connectivity index (χ1n) is 3.57. The monoisotopic (exact) mass is 316 g/mol. The van der Waals surface area contributed by atoms with Gasteiger partial charge in [0.25, 0.3) is 0 Å². The molecule has 0 saturated carbocycles. The van der Waals surface area contributed by atoms with E-state index >= 15 is 0 Å². The molecule has 0 aliphatic heterocycles. The van der Waals surface area contributed by atoms with E-state index in [2.05, 4.69) is 35.0 Å². The van der Waals surface area contributed by atoms with Gasteiger partial charge in [0.2, 0.25) is 0 Å². The van der Waals surface area contributed by atoms with Gasteiger partial charge in [0.05, 0.1) is 0 Å². The van der Waals surface area contributed by atoms with Gasteiger partial charge in [-0.15, -0.1) is 0 Å². The molecular weight excluding hydrogens is 304 g/mol. The second-order valence-corrected chi connectivity index (χ2v) is 8.13. The number of unbranched alkanes of at least 4 members (excludes halogenated alkanes) is 1. The average Bonchev–Trinajstić information content (AvgIpc) is 2.31. The fourth-order valence-corrected chi connectivity index (χ4v) is 4.56. The molecule has 0 bridgehead atoms. The summed E-state index contributed by atoms with van der Waals surface area (Å²) >= 11 is 3.61. The second-order valence-electron chi connectivity index (χ2n) is 2.31. The summed E-state index contributed by atoms with van der Waals surface area (Å²) in [5.74, 6) is 0. The van der Waals surface area contributed by atoms with E-state index in [1.807, 2.05) is 0 Å². The molecule has 1 rings (SSSR count). The number of halogens is 1. The fourth-order valence-electron chi connectivity index (χ4n) is 0.837. The summed E-state index contributed by atoms with van der Waals surface area (Å²) in [6.07, 6.45) is 4.02. The van der Waals surface area contributed by atoms with Gasteiger partial charge < -0.3 is 0 Å². The van der Waals surface area contributed by atoms with E-state index in [0.717, 1.165) is 0 Å². The molecule has 0 amide bonds. The number of hydrogen-bond donors (Lipinski definition) is 0. The zero-order chi connectivity index (χ0) is 7.40. The third-order valence-electron chi connectivity index (χ3n) is 1.41. The van der Waals surface area contributed by atoms with Crippen molar-refractivity contribution < 1.29 is 0 Å². The van der Waals surface area contributed by atoms with Crippen molar-refractivity contribution in [3.63, 3.8) is 0 Å². The third kappa shape index (κ3) is 2.78. The van der Waals surface area contributed by atoms with Crippen LogP contribution in [0.25, 0.3) is 0 Å². The SMILES string of the molecule is CCCCc1ccc(Br)[te]1. The van der Waals surface area contributed by atoms with Crippen molar-refractivity contribution in [2.24, 2.45) is 0 Å². The van der Waals surface area contributed by atoms with Crippen molar-refractivity contribution in [1.29, 1.82) is 0 Å². The minimum absolute atomic E-state index is 0.0739. The predicted molar refractivity (Wildman–Crippen MR) is 49.7 cm³/mol. The zero-order valence-electron chi connectivity index (χ0n) is 6.06. The molecule has 56 valence electrons. The van der Waals surface area contributed by atoms with E-state index in [-0.39, 0.29) is 20.4 Å². The van der Waals surface area contributed by atoms with Crippen LogP contribution in [0.15, 0.2) is 14.6 Å². The van der Waals surface area contributed by atoms with Crippen LogP contribution >= 0.6 is 15.9 Å². The molecule has 0 radical (unpaired) electrons. The van der Waals surface area contributed by atoms with Crippen molar-refractivity contribution in [1.82, 2.24) is 0 Å². The van der Waals surface area contributed by atoms with E-state index in [0.29, 0.717) is 0 Å². The van der Waals surface area contributed by atoms with E-state index in [1.54, 1.807) is 3.58 Å². The topological polar surface area (TPSA) is 0 Å². The summed E-state index contributed by atoms with van der Waals surface area (Å²) in [6.45, 7) is 2.25. The Hall–Kier alpha value is 0.750. The molecule has 2 heteroatoms. The fraction of sp³-hybridized carbons (Fsp3) is 0.500. The summed E-state index contributed by atoms with van der Waals surface area (Å²) in [5, 5.41) is 0. The second kappa shape index (κ2) is 4.59. The molecule has 0 aromatic carbocycles. The van der Waals surface area contributed by atoms with E-state index < -0.39 is 0 Å². The molecule has 0 saturated heterocycles. The Labute approximate surface area is 80.4 Å². The quantitative estimate of drug-likeness (QED) is 0.753. The van der Waals surface area contributed by atoms with Gasteiger partial charge in [-0.05, 0) is 0 Å². The first-order chi connectivity index (χ1) is 4.83. The Balaban J connectivity index is 2.42. The molecule has 0 spiro atoms. The standard InChI is InChI=1S/C8H11BrTe/c1-2-3-4-7-5-6-8(9)10-7/h5-6H,2-4H2,1H3. The van der Waals surface area contributed by atoms with E-state index in [1.165, 1.54) is 21.8 Å². The van der Waals surface area contributed by atoms with Crippen LogP contribution in [0.3, 0.4) is 0 Å². The van der Waals surface area contributed by atoms with Crippen LogP contribution in [-0.4, -0.2) is 20.4 Å². The molecule has 0 aliphatic rings. The molecule has 0 unspecified atom stereocenters. The molecule has 1 aromatic rings. The van der Waals surface area contributed by atoms with Crippen molar-refractivity contribution in [2.45, 2.75) is 26.2 Å². The molecule has 1 aromatic heterocycles. The summed E-state index contributed by atoms with van der Waals surface area (Å²) in [5.41, 5.74) is 0. The van der Waals surface area contributed by atoms with Crippen LogP contribution in [0.1, 0.15) is 23.3 Å². The average molecular weight is 315 g/mol. The summed E-state index contributed by atoms with van der Waals surface area (Å²) < 4.78 is 3.17. The Morgan fingerprint density at radius 3 is 2.80 bits per heavy atom. The molecule has 1 heterocycles.